The number of benzene rings is 1. The molecule has 0 bridgehead atoms. The van der Waals surface area contributed by atoms with Gasteiger partial charge in [0.05, 0.1) is 23.6 Å². The van der Waals surface area contributed by atoms with E-state index >= 15 is 0 Å². The van der Waals surface area contributed by atoms with Crippen LogP contribution < -0.4 is 0 Å². The fourth-order valence-corrected chi connectivity index (χ4v) is 4.83. The molecule has 0 amide bonds. The lowest BCUT2D eigenvalue weighted by Gasteiger charge is -2.30. The zero-order valence-electron chi connectivity index (χ0n) is 11.4. The van der Waals surface area contributed by atoms with E-state index in [1.165, 1.54) is 41.4 Å². The van der Waals surface area contributed by atoms with Gasteiger partial charge in [-0.1, -0.05) is 6.07 Å². The lowest BCUT2D eigenvalue weighted by molar-refractivity contribution is -0.140. The van der Waals surface area contributed by atoms with Gasteiger partial charge in [0.15, 0.2) is 0 Å². The summed E-state index contributed by atoms with van der Waals surface area (Å²) in [4.78, 5) is 11.6. The molecule has 6 nitrogen and oxygen atoms in total. The smallest absolute Gasteiger partial charge is 0.320 e. The molecule has 1 saturated heterocycles. The number of nitriles is 1. The molecule has 0 aromatic heterocycles. The van der Waals surface area contributed by atoms with Crippen molar-refractivity contribution in [1.82, 2.24) is 4.31 Å². The monoisotopic (exact) mass is 326 g/mol. The molecule has 2 rings (SSSR count). The van der Waals surface area contributed by atoms with Crippen molar-refractivity contribution < 1.29 is 17.9 Å². The van der Waals surface area contributed by atoms with Crippen molar-refractivity contribution in [2.75, 3.05) is 26.0 Å². The SMILES string of the molecule is COC(=O)[C@H]1CN(S(=O)(=O)c2cccc(C#N)c2)CCS1. The van der Waals surface area contributed by atoms with Crippen molar-refractivity contribution in [3.63, 3.8) is 0 Å². The van der Waals surface area contributed by atoms with Crippen LogP contribution in [0.15, 0.2) is 29.2 Å². The van der Waals surface area contributed by atoms with Gasteiger partial charge in [0.25, 0.3) is 0 Å². The fourth-order valence-electron chi connectivity index (χ4n) is 1.99. The van der Waals surface area contributed by atoms with E-state index in [1.54, 1.807) is 6.07 Å². The van der Waals surface area contributed by atoms with Gasteiger partial charge in [-0.05, 0) is 18.2 Å². The molecule has 1 atom stereocenters. The van der Waals surface area contributed by atoms with Crippen molar-refractivity contribution in [3.8, 4) is 6.07 Å². The minimum absolute atomic E-state index is 0.0667. The summed E-state index contributed by atoms with van der Waals surface area (Å²) in [5, 5.41) is 8.35. The lowest BCUT2D eigenvalue weighted by atomic mass is 10.2. The van der Waals surface area contributed by atoms with Gasteiger partial charge in [-0.15, -0.1) is 11.8 Å². The Morgan fingerprint density at radius 3 is 2.95 bits per heavy atom. The number of thioether (sulfide) groups is 1. The summed E-state index contributed by atoms with van der Waals surface area (Å²) in [6.07, 6.45) is 0. The Hall–Kier alpha value is -1.56. The van der Waals surface area contributed by atoms with E-state index in [1.807, 2.05) is 6.07 Å². The molecule has 1 aromatic carbocycles. The zero-order valence-corrected chi connectivity index (χ0v) is 13.0. The topological polar surface area (TPSA) is 87.5 Å². The van der Waals surface area contributed by atoms with Crippen LogP contribution in [0.3, 0.4) is 0 Å². The molecule has 1 heterocycles. The summed E-state index contributed by atoms with van der Waals surface area (Å²) in [6, 6.07) is 7.78. The summed E-state index contributed by atoms with van der Waals surface area (Å²) in [5.74, 6) is 0.0994. The van der Waals surface area contributed by atoms with Gasteiger partial charge in [-0.25, -0.2) is 8.42 Å². The summed E-state index contributed by atoms with van der Waals surface area (Å²) in [5.41, 5.74) is 0.284. The highest BCUT2D eigenvalue weighted by atomic mass is 32.2. The van der Waals surface area contributed by atoms with Crippen molar-refractivity contribution in [1.29, 1.82) is 5.26 Å². The van der Waals surface area contributed by atoms with E-state index in [0.29, 0.717) is 12.3 Å². The average Bonchev–Trinajstić information content (AvgIpc) is 2.54. The molecule has 0 radical (unpaired) electrons. The number of methoxy groups -OCH3 is 1. The van der Waals surface area contributed by atoms with Gasteiger partial charge in [0, 0.05) is 18.8 Å². The van der Waals surface area contributed by atoms with Crippen LogP contribution in [0, 0.1) is 11.3 Å². The number of esters is 1. The number of hydrogen-bond acceptors (Lipinski definition) is 6. The summed E-state index contributed by atoms with van der Waals surface area (Å²) < 4.78 is 31.1. The Morgan fingerprint density at radius 1 is 1.52 bits per heavy atom. The molecule has 112 valence electrons. The summed E-state index contributed by atoms with van der Waals surface area (Å²) >= 11 is 1.39. The minimum atomic E-state index is -3.71. The molecule has 0 N–H and O–H groups in total. The second kappa shape index (κ2) is 6.47. The van der Waals surface area contributed by atoms with E-state index in [0.717, 1.165) is 0 Å². The minimum Gasteiger partial charge on any atom is -0.468 e. The van der Waals surface area contributed by atoms with Crippen LogP contribution in [0.25, 0.3) is 0 Å². The first-order valence-electron chi connectivity index (χ1n) is 6.19. The van der Waals surface area contributed by atoms with Crippen molar-refractivity contribution in [3.05, 3.63) is 29.8 Å². The fraction of sp³-hybridized carbons (Fsp3) is 0.385. The Labute approximate surface area is 127 Å². The molecule has 1 aromatic rings. The predicted molar refractivity (Wildman–Crippen MR) is 78.2 cm³/mol. The largest absolute Gasteiger partial charge is 0.468 e. The quantitative estimate of drug-likeness (QED) is 0.765. The highest BCUT2D eigenvalue weighted by molar-refractivity contribution is 8.00. The molecular weight excluding hydrogens is 312 g/mol. The third-order valence-corrected chi connectivity index (χ3v) is 6.12. The number of carbonyl (C=O) groups excluding carboxylic acids is 1. The van der Waals surface area contributed by atoms with E-state index in [-0.39, 0.29) is 17.0 Å². The van der Waals surface area contributed by atoms with E-state index in [9.17, 15) is 13.2 Å². The van der Waals surface area contributed by atoms with Gasteiger partial charge < -0.3 is 4.74 Å². The van der Waals surface area contributed by atoms with E-state index in [2.05, 4.69) is 4.74 Å². The third kappa shape index (κ3) is 3.37. The maximum absolute atomic E-state index is 12.6. The van der Waals surface area contributed by atoms with Crippen molar-refractivity contribution in [2.24, 2.45) is 0 Å². The molecule has 1 aliphatic rings. The van der Waals surface area contributed by atoms with Crippen LogP contribution in [-0.2, 0) is 19.6 Å². The Bertz CT molecular complexity index is 682. The van der Waals surface area contributed by atoms with Crippen LogP contribution in [-0.4, -0.2) is 49.9 Å². The number of nitrogens with zero attached hydrogens (tertiary/aromatic N) is 2. The molecular formula is C13H14N2O4S2. The number of ether oxygens (including phenoxy) is 1. The van der Waals surface area contributed by atoms with Crippen LogP contribution in [0.2, 0.25) is 0 Å². The van der Waals surface area contributed by atoms with Crippen LogP contribution in [0.4, 0.5) is 0 Å². The summed E-state index contributed by atoms with van der Waals surface area (Å²) in [7, 11) is -2.42. The van der Waals surface area contributed by atoms with Gasteiger partial charge in [-0.2, -0.15) is 9.57 Å². The van der Waals surface area contributed by atoms with Crippen LogP contribution in [0.5, 0.6) is 0 Å². The molecule has 0 unspecified atom stereocenters. The Kier molecular flexibility index (Phi) is 4.88. The first-order chi connectivity index (χ1) is 9.98. The van der Waals surface area contributed by atoms with E-state index < -0.39 is 21.2 Å². The summed E-state index contributed by atoms with van der Waals surface area (Å²) in [6.45, 7) is 0.410. The first kappa shape index (κ1) is 15.8. The molecule has 1 fully saturated rings. The Balaban J connectivity index is 2.26. The normalized spacial score (nSPS) is 19.7. The molecule has 21 heavy (non-hydrogen) atoms. The van der Waals surface area contributed by atoms with Gasteiger partial charge in [-0.3, -0.25) is 4.79 Å². The second-order valence-electron chi connectivity index (χ2n) is 4.39. The molecule has 0 spiro atoms. The van der Waals surface area contributed by atoms with Gasteiger partial charge >= 0.3 is 5.97 Å². The van der Waals surface area contributed by atoms with Crippen molar-refractivity contribution in [2.45, 2.75) is 10.1 Å². The molecule has 0 saturated carbocycles. The number of sulfonamides is 1. The molecule has 8 heteroatoms. The predicted octanol–water partition coefficient (Wildman–Crippen LogP) is 0.837. The molecule has 1 aliphatic heterocycles. The number of carbonyl (C=O) groups is 1. The van der Waals surface area contributed by atoms with Crippen LogP contribution >= 0.6 is 11.8 Å². The zero-order chi connectivity index (χ0) is 15.5. The van der Waals surface area contributed by atoms with Gasteiger partial charge in [0.1, 0.15) is 5.25 Å². The molecule has 0 aliphatic carbocycles. The average molecular weight is 326 g/mol. The maximum Gasteiger partial charge on any atom is 0.320 e. The number of hydrogen-bond donors (Lipinski definition) is 0. The third-order valence-electron chi connectivity index (χ3n) is 3.09. The lowest BCUT2D eigenvalue weighted by Crippen LogP contribution is -2.44. The van der Waals surface area contributed by atoms with Gasteiger partial charge in [0.2, 0.25) is 10.0 Å². The maximum atomic E-state index is 12.6. The standard InChI is InChI=1S/C13H14N2O4S2/c1-19-13(16)12-9-15(5-6-20-12)21(17,18)11-4-2-3-10(7-11)8-14/h2-4,7,12H,5-6,9H2,1H3/t12-/m1/s1. The highest BCUT2D eigenvalue weighted by Gasteiger charge is 2.34. The van der Waals surface area contributed by atoms with Crippen LogP contribution in [0.1, 0.15) is 5.56 Å². The van der Waals surface area contributed by atoms with E-state index in [4.69, 9.17) is 5.26 Å². The highest BCUT2D eigenvalue weighted by Crippen LogP contribution is 2.25. The number of rotatable bonds is 3. The Morgan fingerprint density at radius 2 is 2.29 bits per heavy atom. The van der Waals surface area contributed by atoms with Crippen molar-refractivity contribution >= 4 is 27.8 Å². The first-order valence-corrected chi connectivity index (χ1v) is 8.67. The second-order valence-corrected chi connectivity index (χ2v) is 7.63.